The van der Waals surface area contributed by atoms with E-state index in [2.05, 4.69) is 0 Å². The van der Waals surface area contributed by atoms with Gasteiger partial charge in [0.05, 0.1) is 19.3 Å². The number of carbonyl (C=O) groups is 1. The SMILES string of the molecule is COCCCN(C[C@@H](O)CO)C(=O)OC(C)(C)C. The van der Waals surface area contributed by atoms with Crippen molar-refractivity contribution in [1.29, 1.82) is 0 Å². The van der Waals surface area contributed by atoms with Gasteiger partial charge in [0.2, 0.25) is 0 Å². The summed E-state index contributed by atoms with van der Waals surface area (Å²) in [4.78, 5) is 13.3. The van der Waals surface area contributed by atoms with Crippen molar-refractivity contribution in [2.75, 3.05) is 33.4 Å². The molecule has 0 fully saturated rings. The minimum Gasteiger partial charge on any atom is -0.444 e. The van der Waals surface area contributed by atoms with Gasteiger partial charge in [0.15, 0.2) is 0 Å². The summed E-state index contributed by atoms with van der Waals surface area (Å²) in [6.45, 7) is 5.94. The molecule has 18 heavy (non-hydrogen) atoms. The van der Waals surface area contributed by atoms with E-state index >= 15 is 0 Å². The van der Waals surface area contributed by atoms with E-state index < -0.39 is 17.8 Å². The highest BCUT2D eigenvalue weighted by molar-refractivity contribution is 5.68. The van der Waals surface area contributed by atoms with Crippen molar-refractivity contribution in [3.8, 4) is 0 Å². The fourth-order valence-corrected chi connectivity index (χ4v) is 1.30. The van der Waals surface area contributed by atoms with Gasteiger partial charge in [0.25, 0.3) is 0 Å². The summed E-state index contributed by atoms with van der Waals surface area (Å²) in [5.41, 5.74) is -0.583. The first-order chi connectivity index (χ1) is 8.30. The van der Waals surface area contributed by atoms with Crippen LogP contribution in [0.2, 0.25) is 0 Å². The van der Waals surface area contributed by atoms with Crippen LogP contribution in [0.4, 0.5) is 4.79 Å². The summed E-state index contributed by atoms with van der Waals surface area (Å²) in [5.74, 6) is 0. The molecule has 0 bridgehead atoms. The maximum absolute atomic E-state index is 11.9. The molecular weight excluding hydrogens is 238 g/mol. The van der Waals surface area contributed by atoms with Gasteiger partial charge in [-0.15, -0.1) is 0 Å². The number of carbonyl (C=O) groups excluding carboxylic acids is 1. The van der Waals surface area contributed by atoms with Crippen molar-refractivity contribution in [1.82, 2.24) is 4.90 Å². The Morgan fingerprint density at radius 1 is 1.39 bits per heavy atom. The summed E-state index contributed by atoms with van der Waals surface area (Å²) in [6, 6.07) is 0. The van der Waals surface area contributed by atoms with Crippen molar-refractivity contribution < 1.29 is 24.5 Å². The van der Waals surface area contributed by atoms with Crippen LogP contribution in [0.25, 0.3) is 0 Å². The lowest BCUT2D eigenvalue weighted by Crippen LogP contribution is -2.42. The zero-order valence-electron chi connectivity index (χ0n) is 11.7. The Morgan fingerprint density at radius 3 is 2.44 bits per heavy atom. The molecule has 0 aromatic heterocycles. The third-order valence-electron chi connectivity index (χ3n) is 2.07. The monoisotopic (exact) mass is 263 g/mol. The van der Waals surface area contributed by atoms with E-state index in [9.17, 15) is 9.90 Å². The molecular formula is C12H25NO5. The molecule has 2 N–H and O–H groups in total. The van der Waals surface area contributed by atoms with Gasteiger partial charge in [0.1, 0.15) is 5.60 Å². The van der Waals surface area contributed by atoms with Gasteiger partial charge in [-0.25, -0.2) is 4.79 Å². The maximum Gasteiger partial charge on any atom is 0.410 e. The van der Waals surface area contributed by atoms with Crippen LogP contribution >= 0.6 is 0 Å². The molecule has 0 saturated heterocycles. The Labute approximate surface area is 108 Å². The predicted octanol–water partition coefficient (Wildman–Crippen LogP) is 0.613. The lowest BCUT2D eigenvalue weighted by molar-refractivity contribution is 0.00585. The zero-order valence-corrected chi connectivity index (χ0v) is 11.7. The van der Waals surface area contributed by atoms with E-state index in [1.807, 2.05) is 0 Å². The maximum atomic E-state index is 11.9. The second-order valence-electron chi connectivity index (χ2n) is 5.11. The molecule has 1 atom stereocenters. The number of hydrogen-bond donors (Lipinski definition) is 2. The van der Waals surface area contributed by atoms with Crippen molar-refractivity contribution >= 4 is 6.09 Å². The number of rotatable bonds is 7. The van der Waals surface area contributed by atoms with E-state index in [4.69, 9.17) is 14.6 Å². The van der Waals surface area contributed by atoms with Crippen LogP contribution in [0.15, 0.2) is 0 Å². The third-order valence-corrected chi connectivity index (χ3v) is 2.07. The second-order valence-corrected chi connectivity index (χ2v) is 5.11. The van der Waals surface area contributed by atoms with Crippen molar-refractivity contribution in [3.05, 3.63) is 0 Å². The Morgan fingerprint density at radius 2 is 2.00 bits per heavy atom. The number of aliphatic hydroxyl groups is 2. The highest BCUT2D eigenvalue weighted by Gasteiger charge is 2.23. The molecule has 0 heterocycles. The molecule has 0 aliphatic carbocycles. The predicted molar refractivity (Wildman–Crippen MR) is 67.4 cm³/mol. The van der Waals surface area contributed by atoms with Gasteiger partial charge in [-0.3, -0.25) is 0 Å². The molecule has 0 rings (SSSR count). The van der Waals surface area contributed by atoms with E-state index in [0.29, 0.717) is 19.6 Å². The van der Waals surface area contributed by atoms with Crippen molar-refractivity contribution in [3.63, 3.8) is 0 Å². The summed E-state index contributed by atoms with van der Waals surface area (Å²) >= 11 is 0. The van der Waals surface area contributed by atoms with Gasteiger partial charge in [-0.05, 0) is 27.2 Å². The van der Waals surface area contributed by atoms with Crippen LogP contribution in [0.5, 0.6) is 0 Å². The molecule has 0 spiro atoms. The Hall–Kier alpha value is -0.850. The molecule has 0 aromatic carbocycles. The fourth-order valence-electron chi connectivity index (χ4n) is 1.30. The molecule has 6 heteroatoms. The van der Waals surface area contributed by atoms with Crippen molar-refractivity contribution in [2.45, 2.75) is 38.9 Å². The van der Waals surface area contributed by atoms with Crippen molar-refractivity contribution in [2.24, 2.45) is 0 Å². The summed E-state index contributed by atoms with van der Waals surface area (Å²) in [7, 11) is 1.58. The van der Waals surface area contributed by atoms with Crippen LogP contribution in [0.1, 0.15) is 27.2 Å². The molecule has 108 valence electrons. The smallest absolute Gasteiger partial charge is 0.410 e. The molecule has 6 nitrogen and oxygen atoms in total. The van der Waals surface area contributed by atoms with E-state index in [1.54, 1.807) is 27.9 Å². The second kappa shape index (κ2) is 8.29. The molecule has 0 unspecified atom stereocenters. The van der Waals surface area contributed by atoms with Gasteiger partial charge in [-0.1, -0.05) is 0 Å². The first-order valence-electron chi connectivity index (χ1n) is 6.06. The standard InChI is InChI=1S/C12H25NO5/c1-12(2,3)18-11(16)13(6-5-7-17-4)8-10(15)9-14/h10,14-15H,5-9H2,1-4H3/t10-/m1/s1. The quantitative estimate of drug-likeness (QED) is 0.658. The normalized spacial score (nSPS) is 13.2. The first-order valence-corrected chi connectivity index (χ1v) is 6.06. The fraction of sp³-hybridized carbons (Fsp3) is 0.917. The lowest BCUT2D eigenvalue weighted by Gasteiger charge is -2.28. The minimum absolute atomic E-state index is 0.0507. The largest absolute Gasteiger partial charge is 0.444 e. The van der Waals surface area contributed by atoms with Crippen LogP contribution in [0.3, 0.4) is 0 Å². The average molecular weight is 263 g/mol. The zero-order chi connectivity index (χ0) is 14.2. The molecule has 0 aliphatic heterocycles. The number of methoxy groups -OCH3 is 1. The van der Waals surface area contributed by atoms with Gasteiger partial charge >= 0.3 is 6.09 Å². The van der Waals surface area contributed by atoms with Crippen LogP contribution in [-0.2, 0) is 9.47 Å². The number of amides is 1. The lowest BCUT2D eigenvalue weighted by atomic mass is 10.2. The molecule has 0 aliphatic rings. The van der Waals surface area contributed by atoms with Gasteiger partial charge < -0.3 is 24.6 Å². The highest BCUT2D eigenvalue weighted by atomic mass is 16.6. The number of aliphatic hydroxyl groups excluding tert-OH is 2. The third kappa shape index (κ3) is 8.27. The first kappa shape index (κ1) is 17.2. The Bertz CT molecular complexity index is 239. The number of hydrogen-bond acceptors (Lipinski definition) is 5. The van der Waals surface area contributed by atoms with Crippen LogP contribution in [0, 0.1) is 0 Å². The Balaban J connectivity index is 4.39. The average Bonchev–Trinajstić information content (AvgIpc) is 2.25. The molecule has 0 saturated carbocycles. The summed E-state index contributed by atoms with van der Waals surface area (Å²) in [5, 5.41) is 18.2. The topological polar surface area (TPSA) is 79.2 Å². The molecule has 0 radical (unpaired) electrons. The molecule has 0 aromatic rings. The summed E-state index contributed by atoms with van der Waals surface area (Å²) in [6.07, 6.45) is -0.806. The Kier molecular flexibility index (Phi) is 7.90. The van der Waals surface area contributed by atoms with E-state index in [0.717, 1.165) is 0 Å². The van der Waals surface area contributed by atoms with Gasteiger partial charge in [0, 0.05) is 20.3 Å². The number of ether oxygens (including phenoxy) is 2. The van der Waals surface area contributed by atoms with E-state index in [-0.39, 0.29) is 13.2 Å². The van der Waals surface area contributed by atoms with Crippen LogP contribution in [-0.4, -0.2) is 66.3 Å². The highest BCUT2D eigenvalue weighted by Crippen LogP contribution is 2.10. The van der Waals surface area contributed by atoms with Crippen LogP contribution < -0.4 is 0 Å². The molecule has 1 amide bonds. The summed E-state index contributed by atoms with van der Waals surface area (Å²) < 4.78 is 10.1. The van der Waals surface area contributed by atoms with Gasteiger partial charge in [-0.2, -0.15) is 0 Å². The number of nitrogens with zero attached hydrogens (tertiary/aromatic N) is 1. The minimum atomic E-state index is -0.958. The van der Waals surface area contributed by atoms with E-state index in [1.165, 1.54) is 4.90 Å².